The van der Waals surface area contributed by atoms with Gasteiger partial charge in [-0.15, -0.1) is 0 Å². The maximum atomic E-state index is 11.6. The Morgan fingerprint density at radius 3 is 2.65 bits per heavy atom. The SMILES string of the molecule is Cc1cc(C)c(C)c(OC2Oc3ccccc3C=C2C(=O)O)c1. The van der Waals surface area contributed by atoms with Gasteiger partial charge in [-0.2, -0.15) is 0 Å². The molecule has 0 amide bonds. The standard InChI is InChI=1S/C19H18O4/c1-11-8-12(2)13(3)17(9-11)23-19-15(18(20)21)10-14-6-4-5-7-16(14)22-19/h4-10,19H,1-3H3,(H,20,21). The van der Waals surface area contributed by atoms with Crippen LogP contribution in [0.4, 0.5) is 0 Å². The molecule has 23 heavy (non-hydrogen) atoms. The van der Waals surface area contributed by atoms with Gasteiger partial charge in [0.25, 0.3) is 6.29 Å². The van der Waals surface area contributed by atoms with Gasteiger partial charge in [-0.25, -0.2) is 4.79 Å². The fourth-order valence-corrected chi connectivity index (χ4v) is 2.61. The van der Waals surface area contributed by atoms with Crippen LogP contribution in [0.1, 0.15) is 22.3 Å². The molecule has 1 unspecified atom stereocenters. The van der Waals surface area contributed by atoms with Gasteiger partial charge in [0.1, 0.15) is 17.1 Å². The van der Waals surface area contributed by atoms with E-state index in [-0.39, 0.29) is 5.57 Å². The maximum absolute atomic E-state index is 11.6. The molecule has 0 radical (unpaired) electrons. The average molecular weight is 310 g/mol. The van der Waals surface area contributed by atoms with E-state index in [1.165, 1.54) is 0 Å². The lowest BCUT2D eigenvalue weighted by molar-refractivity contribution is -0.135. The Bertz CT molecular complexity index is 805. The van der Waals surface area contributed by atoms with Crippen LogP contribution in [0, 0.1) is 20.8 Å². The third-order valence-electron chi connectivity index (χ3n) is 3.96. The molecule has 0 aromatic heterocycles. The highest BCUT2D eigenvalue weighted by Crippen LogP contribution is 2.32. The van der Waals surface area contributed by atoms with Gasteiger partial charge in [-0.1, -0.05) is 24.3 Å². The van der Waals surface area contributed by atoms with E-state index < -0.39 is 12.3 Å². The molecule has 0 fully saturated rings. The molecule has 1 aliphatic heterocycles. The highest BCUT2D eigenvalue weighted by atomic mass is 16.7. The normalized spacial score (nSPS) is 16.1. The summed E-state index contributed by atoms with van der Waals surface area (Å²) in [5.41, 5.74) is 3.95. The van der Waals surface area contributed by atoms with Crippen molar-refractivity contribution in [3.63, 3.8) is 0 Å². The van der Waals surface area contributed by atoms with Crippen LogP contribution in [0.25, 0.3) is 6.08 Å². The van der Waals surface area contributed by atoms with Crippen LogP contribution in [-0.2, 0) is 4.79 Å². The largest absolute Gasteiger partial charge is 0.478 e. The zero-order valence-electron chi connectivity index (χ0n) is 13.3. The number of aryl methyl sites for hydroxylation is 2. The highest BCUT2D eigenvalue weighted by molar-refractivity contribution is 5.94. The average Bonchev–Trinajstić information content (AvgIpc) is 2.51. The van der Waals surface area contributed by atoms with Crippen LogP contribution in [0.2, 0.25) is 0 Å². The smallest absolute Gasteiger partial charge is 0.339 e. The van der Waals surface area contributed by atoms with Crippen molar-refractivity contribution in [2.75, 3.05) is 0 Å². The first-order valence-corrected chi connectivity index (χ1v) is 7.41. The molecule has 0 bridgehead atoms. The molecule has 118 valence electrons. The summed E-state index contributed by atoms with van der Waals surface area (Å²) in [5.74, 6) is 0.204. The maximum Gasteiger partial charge on any atom is 0.339 e. The van der Waals surface area contributed by atoms with Gasteiger partial charge in [0, 0.05) is 5.56 Å². The van der Waals surface area contributed by atoms with E-state index in [1.807, 2.05) is 45.0 Å². The molecule has 1 heterocycles. The van der Waals surface area contributed by atoms with Crippen LogP contribution in [0.15, 0.2) is 42.0 Å². The number of aliphatic carboxylic acids is 1. The van der Waals surface area contributed by atoms with Gasteiger partial charge in [0.2, 0.25) is 0 Å². The van der Waals surface area contributed by atoms with Crippen molar-refractivity contribution >= 4 is 12.0 Å². The van der Waals surface area contributed by atoms with Crippen molar-refractivity contribution in [2.24, 2.45) is 0 Å². The van der Waals surface area contributed by atoms with E-state index in [9.17, 15) is 9.90 Å². The van der Waals surface area contributed by atoms with Crippen molar-refractivity contribution in [2.45, 2.75) is 27.1 Å². The summed E-state index contributed by atoms with van der Waals surface area (Å²) in [6.45, 7) is 5.93. The molecule has 0 saturated carbocycles. The molecule has 0 aliphatic carbocycles. The van der Waals surface area contributed by atoms with E-state index in [1.54, 1.807) is 12.1 Å². The summed E-state index contributed by atoms with van der Waals surface area (Å²) in [5, 5.41) is 9.46. The number of carboxylic acids is 1. The van der Waals surface area contributed by atoms with Crippen molar-refractivity contribution in [3.8, 4) is 11.5 Å². The Hall–Kier alpha value is -2.75. The van der Waals surface area contributed by atoms with Gasteiger partial charge < -0.3 is 14.6 Å². The zero-order chi connectivity index (χ0) is 16.6. The Morgan fingerprint density at radius 2 is 1.91 bits per heavy atom. The molecule has 2 aromatic rings. The summed E-state index contributed by atoms with van der Waals surface area (Å²) in [6.07, 6.45) is 0.631. The van der Waals surface area contributed by atoms with Crippen LogP contribution >= 0.6 is 0 Å². The van der Waals surface area contributed by atoms with Crippen LogP contribution < -0.4 is 9.47 Å². The minimum absolute atomic E-state index is 0.0854. The number of carboxylic acid groups (broad SMARTS) is 1. The number of carbonyl (C=O) groups is 1. The van der Waals surface area contributed by atoms with Crippen LogP contribution in [0.5, 0.6) is 11.5 Å². The quantitative estimate of drug-likeness (QED) is 0.935. The lowest BCUT2D eigenvalue weighted by Gasteiger charge is -2.26. The van der Waals surface area contributed by atoms with Crippen molar-refractivity contribution in [1.82, 2.24) is 0 Å². The molecular formula is C19H18O4. The van der Waals surface area contributed by atoms with E-state index in [0.717, 1.165) is 22.3 Å². The molecule has 0 spiro atoms. The molecule has 2 aromatic carbocycles. The van der Waals surface area contributed by atoms with Gasteiger partial charge in [0.05, 0.1) is 0 Å². The lowest BCUT2D eigenvalue weighted by Crippen LogP contribution is -2.32. The minimum Gasteiger partial charge on any atom is -0.478 e. The van der Waals surface area contributed by atoms with Crippen LogP contribution in [-0.4, -0.2) is 17.4 Å². The van der Waals surface area contributed by atoms with E-state index in [2.05, 4.69) is 6.07 Å². The number of rotatable bonds is 3. The van der Waals surface area contributed by atoms with E-state index in [4.69, 9.17) is 9.47 Å². The second-order valence-corrected chi connectivity index (χ2v) is 5.72. The summed E-state index contributed by atoms with van der Waals surface area (Å²) < 4.78 is 11.7. The third kappa shape index (κ3) is 2.93. The summed E-state index contributed by atoms with van der Waals surface area (Å²) in [4.78, 5) is 11.6. The summed E-state index contributed by atoms with van der Waals surface area (Å²) in [7, 11) is 0. The van der Waals surface area contributed by atoms with Crippen molar-refractivity contribution in [3.05, 3.63) is 64.2 Å². The minimum atomic E-state index is -1.05. The fraction of sp³-hybridized carbons (Fsp3) is 0.211. The van der Waals surface area contributed by atoms with Gasteiger partial charge in [-0.05, 0) is 55.7 Å². The second-order valence-electron chi connectivity index (χ2n) is 5.72. The van der Waals surface area contributed by atoms with Crippen molar-refractivity contribution < 1.29 is 19.4 Å². The zero-order valence-corrected chi connectivity index (χ0v) is 13.3. The first kappa shape index (κ1) is 15.2. The van der Waals surface area contributed by atoms with E-state index >= 15 is 0 Å². The highest BCUT2D eigenvalue weighted by Gasteiger charge is 2.29. The second kappa shape index (κ2) is 5.80. The molecule has 1 aliphatic rings. The van der Waals surface area contributed by atoms with Gasteiger partial charge >= 0.3 is 5.97 Å². The summed E-state index contributed by atoms with van der Waals surface area (Å²) >= 11 is 0. The van der Waals surface area contributed by atoms with Gasteiger partial charge in [-0.3, -0.25) is 0 Å². The molecule has 3 rings (SSSR count). The number of ether oxygens (including phenoxy) is 2. The topological polar surface area (TPSA) is 55.8 Å². The van der Waals surface area contributed by atoms with E-state index in [0.29, 0.717) is 11.5 Å². The Labute approximate surface area is 135 Å². The number of hydrogen-bond acceptors (Lipinski definition) is 3. The Morgan fingerprint density at radius 1 is 1.17 bits per heavy atom. The third-order valence-corrected chi connectivity index (χ3v) is 3.96. The molecule has 0 saturated heterocycles. The van der Waals surface area contributed by atoms with Crippen LogP contribution in [0.3, 0.4) is 0 Å². The predicted octanol–water partition coefficient (Wildman–Crippen LogP) is 3.88. The molecule has 4 heteroatoms. The lowest BCUT2D eigenvalue weighted by atomic mass is 10.0. The molecule has 4 nitrogen and oxygen atoms in total. The molecule has 1 atom stereocenters. The van der Waals surface area contributed by atoms with Crippen molar-refractivity contribution in [1.29, 1.82) is 0 Å². The first-order valence-electron chi connectivity index (χ1n) is 7.41. The first-order chi connectivity index (χ1) is 11.0. The number of benzene rings is 2. The predicted molar refractivity (Wildman–Crippen MR) is 87.8 cm³/mol. The number of para-hydroxylation sites is 1. The molecule has 1 N–H and O–H groups in total. The van der Waals surface area contributed by atoms with Gasteiger partial charge in [0.15, 0.2) is 0 Å². The monoisotopic (exact) mass is 310 g/mol. The number of hydrogen-bond donors (Lipinski definition) is 1. The number of fused-ring (bicyclic) bond motifs is 1. The Kier molecular flexibility index (Phi) is 3.82. The Balaban J connectivity index is 1.99. The fourth-order valence-electron chi connectivity index (χ4n) is 2.61. The molecular weight excluding hydrogens is 292 g/mol. The summed E-state index contributed by atoms with van der Waals surface area (Å²) in [6, 6.07) is 11.3.